The minimum Gasteiger partial charge on any atom is -0.317 e. The summed E-state index contributed by atoms with van der Waals surface area (Å²) in [5.41, 5.74) is 0. The Morgan fingerprint density at radius 1 is 0.522 bits per heavy atom. The first kappa shape index (κ1) is 22.9. The number of hydrogen-bond donors (Lipinski definition) is 1. The van der Waals surface area contributed by atoms with Crippen molar-refractivity contribution in [1.29, 1.82) is 0 Å². The van der Waals surface area contributed by atoms with Gasteiger partial charge in [0.05, 0.1) is 0 Å². The molecule has 0 atom stereocenters. The highest BCUT2D eigenvalue weighted by molar-refractivity contribution is 4.53. The van der Waals surface area contributed by atoms with Gasteiger partial charge in [0.15, 0.2) is 0 Å². The second-order valence-corrected chi connectivity index (χ2v) is 7.50. The fourth-order valence-corrected chi connectivity index (χ4v) is 3.09. The van der Waals surface area contributed by atoms with Gasteiger partial charge in [-0.05, 0) is 46.6 Å². The summed E-state index contributed by atoms with van der Waals surface area (Å²) >= 11 is 0. The van der Waals surface area contributed by atoms with Gasteiger partial charge in [0, 0.05) is 0 Å². The van der Waals surface area contributed by atoms with Crippen molar-refractivity contribution in [3.05, 3.63) is 0 Å². The highest BCUT2D eigenvalue weighted by Crippen LogP contribution is 2.12. The molecule has 0 aliphatic rings. The van der Waals surface area contributed by atoms with Crippen molar-refractivity contribution < 1.29 is 0 Å². The number of rotatable bonds is 19. The van der Waals surface area contributed by atoms with E-state index in [9.17, 15) is 0 Å². The summed E-state index contributed by atoms with van der Waals surface area (Å²) in [6.45, 7) is 5.89. The Labute approximate surface area is 147 Å². The van der Waals surface area contributed by atoms with Crippen LogP contribution < -0.4 is 5.32 Å². The van der Waals surface area contributed by atoms with E-state index in [1.165, 1.54) is 116 Å². The normalized spacial score (nSPS) is 11.5. The third-order valence-corrected chi connectivity index (χ3v) is 4.67. The molecule has 0 unspecified atom stereocenters. The fourth-order valence-electron chi connectivity index (χ4n) is 3.09. The van der Waals surface area contributed by atoms with Gasteiger partial charge in [0.1, 0.15) is 0 Å². The molecule has 0 aliphatic heterocycles. The maximum atomic E-state index is 3.56. The molecule has 0 aromatic rings. The van der Waals surface area contributed by atoms with Gasteiger partial charge in [0.2, 0.25) is 0 Å². The SMILES string of the molecule is CCCCCCCCCCCCCCCCNCCCN(C)C. The Balaban J connectivity index is 2.95. The number of hydrogen-bond acceptors (Lipinski definition) is 2. The third kappa shape index (κ3) is 21.9. The monoisotopic (exact) mass is 326 g/mol. The molecule has 0 rings (SSSR count). The van der Waals surface area contributed by atoms with Crippen LogP contribution in [0, 0.1) is 0 Å². The summed E-state index contributed by atoms with van der Waals surface area (Å²) in [5, 5.41) is 3.56. The predicted molar refractivity (Wildman–Crippen MR) is 106 cm³/mol. The van der Waals surface area contributed by atoms with Gasteiger partial charge in [-0.1, -0.05) is 90.4 Å². The van der Waals surface area contributed by atoms with Gasteiger partial charge in [-0.15, -0.1) is 0 Å². The zero-order valence-corrected chi connectivity index (χ0v) is 16.7. The highest BCUT2D eigenvalue weighted by Gasteiger charge is 1.94. The molecule has 0 amide bonds. The lowest BCUT2D eigenvalue weighted by molar-refractivity contribution is 0.393. The van der Waals surface area contributed by atoms with Crippen LogP contribution in [0.1, 0.15) is 103 Å². The molecule has 0 bridgehead atoms. The molecule has 2 nitrogen and oxygen atoms in total. The van der Waals surface area contributed by atoms with Gasteiger partial charge < -0.3 is 10.2 Å². The van der Waals surface area contributed by atoms with Crippen molar-refractivity contribution in [3.8, 4) is 0 Å². The van der Waals surface area contributed by atoms with Crippen molar-refractivity contribution in [3.63, 3.8) is 0 Å². The second-order valence-electron chi connectivity index (χ2n) is 7.50. The topological polar surface area (TPSA) is 15.3 Å². The molecule has 0 saturated carbocycles. The molecule has 0 heterocycles. The Kier molecular flexibility index (Phi) is 19.9. The molecule has 0 aromatic heterocycles. The summed E-state index contributed by atoms with van der Waals surface area (Å²) in [6.07, 6.45) is 21.5. The molecular formula is C21H46N2. The quantitative estimate of drug-likeness (QED) is 0.292. The van der Waals surface area contributed by atoms with E-state index in [0.29, 0.717) is 0 Å². The van der Waals surface area contributed by atoms with E-state index < -0.39 is 0 Å². The molecule has 23 heavy (non-hydrogen) atoms. The van der Waals surface area contributed by atoms with Crippen LogP contribution in [0.3, 0.4) is 0 Å². The lowest BCUT2D eigenvalue weighted by Gasteiger charge is -2.09. The van der Waals surface area contributed by atoms with Gasteiger partial charge >= 0.3 is 0 Å². The minimum atomic E-state index is 1.18. The molecular weight excluding hydrogens is 280 g/mol. The maximum absolute atomic E-state index is 3.56. The van der Waals surface area contributed by atoms with Gasteiger partial charge in [-0.3, -0.25) is 0 Å². The van der Waals surface area contributed by atoms with E-state index in [2.05, 4.69) is 31.2 Å². The molecule has 1 N–H and O–H groups in total. The molecule has 0 saturated heterocycles. The van der Waals surface area contributed by atoms with Crippen LogP contribution in [0.5, 0.6) is 0 Å². The zero-order chi connectivity index (χ0) is 17.0. The first-order chi connectivity index (χ1) is 11.3. The lowest BCUT2D eigenvalue weighted by atomic mass is 10.0. The minimum absolute atomic E-state index is 1.18. The van der Waals surface area contributed by atoms with E-state index in [-0.39, 0.29) is 0 Å². The third-order valence-electron chi connectivity index (χ3n) is 4.67. The van der Waals surface area contributed by atoms with E-state index in [1.54, 1.807) is 0 Å². The lowest BCUT2D eigenvalue weighted by Crippen LogP contribution is -2.22. The van der Waals surface area contributed by atoms with E-state index in [1.807, 2.05) is 0 Å². The van der Waals surface area contributed by atoms with E-state index >= 15 is 0 Å². The second kappa shape index (κ2) is 20.0. The summed E-state index contributed by atoms with van der Waals surface area (Å²) in [6, 6.07) is 0. The zero-order valence-electron chi connectivity index (χ0n) is 16.7. The number of unbranched alkanes of at least 4 members (excludes halogenated alkanes) is 13. The van der Waals surface area contributed by atoms with Crippen molar-refractivity contribution >= 4 is 0 Å². The molecule has 0 radical (unpaired) electrons. The Bertz CT molecular complexity index is 204. The van der Waals surface area contributed by atoms with Gasteiger partial charge in [-0.2, -0.15) is 0 Å². The molecule has 2 heteroatoms. The van der Waals surface area contributed by atoms with Gasteiger partial charge in [0.25, 0.3) is 0 Å². The molecule has 140 valence electrons. The largest absolute Gasteiger partial charge is 0.317 e. The number of nitrogens with one attached hydrogen (secondary N) is 1. The summed E-state index contributed by atoms with van der Waals surface area (Å²) in [7, 11) is 4.29. The van der Waals surface area contributed by atoms with E-state index in [0.717, 1.165) is 0 Å². The van der Waals surface area contributed by atoms with Crippen molar-refractivity contribution in [2.75, 3.05) is 33.7 Å². The first-order valence-electron chi connectivity index (χ1n) is 10.6. The average Bonchev–Trinajstić information content (AvgIpc) is 2.53. The fraction of sp³-hybridized carbons (Fsp3) is 1.00. The predicted octanol–water partition coefficient (Wildman–Crippen LogP) is 6.01. The summed E-state index contributed by atoms with van der Waals surface area (Å²) in [5.74, 6) is 0. The van der Waals surface area contributed by atoms with Crippen LogP contribution in [0.25, 0.3) is 0 Å². The molecule has 0 fully saturated rings. The molecule has 0 aliphatic carbocycles. The van der Waals surface area contributed by atoms with Crippen LogP contribution in [0.15, 0.2) is 0 Å². The molecule has 0 aromatic carbocycles. The Morgan fingerprint density at radius 3 is 1.35 bits per heavy atom. The van der Waals surface area contributed by atoms with Crippen molar-refractivity contribution in [2.24, 2.45) is 0 Å². The van der Waals surface area contributed by atoms with Crippen LogP contribution >= 0.6 is 0 Å². The Morgan fingerprint density at radius 2 is 0.913 bits per heavy atom. The standard InChI is InChI=1S/C21H46N2/c1-4-5-6-7-8-9-10-11-12-13-14-15-16-17-19-22-20-18-21-23(2)3/h22H,4-21H2,1-3H3. The first-order valence-corrected chi connectivity index (χ1v) is 10.6. The average molecular weight is 327 g/mol. The van der Waals surface area contributed by atoms with E-state index in [4.69, 9.17) is 0 Å². The van der Waals surface area contributed by atoms with Crippen LogP contribution in [-0.2, 0) is 0 Å². The van der Waals surface area contributed by atoms with Crippen LogP contribution in [0.4, 0.5) is 0 Å². The smallest absolute Gasteiger partial charge is 0.00127 e. The van der Waals surface area contributed by atoms with Crippen LogP contribution in [0.2, 0.25) is 0 Å². The summed E-state index contributed by atoms with van der Waals surface area (Å²) < 4.78 is 0. The van der Waals surface area contributed by atoms with Gasteiger partial charge in [-0.25, -0.2) is 0 Å². The van der Waals surface area contributed by atoms with Crippen molar-refractivity contribution in [1.82, 2.24) is 10.2 Å². The van der Waals surface area contributed by atoms with Crippen molar-refractivity contribution in [2.45, 2.75) is 103 Å². The highest BCUT2D eigenvalue weighted by atomic mass is 15.0. The number of nitrogens with zero attached hydrogens (tertiary/aromatic N) is 1. The molecule has 0 spiro atoms. The Hall–Kier alpha value is -0.0800. The van der Waals surface area contributed by atoms with Crippen LogP contribution in [-0.4, -0.2) is 38.6 Å². The maximum Gasteiger partial charge on any atom is -0.00127 e. The summed E-state index contributed by atoms with van der Waals surface area (Å²) in [4.78, 5) is 2.26.